The molecule has 0 aliphatic rings. The molecule has 1 amide bonds. The molecule has 0 bridgehead atoms. The molecule has 0 radical (unpaired) electrons. The van der Waals surface area contributed by atoms with Gasteiger partial charge in [0.05, 0.1) is 0 Å². The predicted molar refractivity (Wildman–Crippen MR) is 135 cm³/mol. The highest BCUT2D eigenvalue weighted by molar-refractivity contribution is 7.47. The minimum Gasteiger partial charge on any atom is -0.404 e. The molecular weight excluding hydrogens is 437 g/mol. The van der Waals surface area contributed by atoms with Crippen LogP contribution >= 0.6 is 7.82 Å². The van der Waals surface area contributed by atoms with Crippen LogP contribution in [0.2, 0.25) is 0 Å². The molecule has 1 aromatic rings. The van der Waals surface area contributed by atoms with Gasteiger partial charge in [-0.3, -0.25) is 14.2 Å². The fourth-order valence-electron chi connectivity index (χ4n) is 3.78. The lowest BCUT2D eigenvalue weighted by Gasteiger charge is -2.11. The van der Waals surface area contributed by atoms with E-state index in [1.54, 1.807) is 24.3 Å². The Morgan fingerprint density at radius 2 is 1.27 bits per heavy atom. The normalized spacial score (nSPS) is 12.9. The monoisotopic (exact) mass is 483 g/mol. The van der Waals surface area contributed by atoms with Crippen LogP contribution in [0, 0.1) is 0 Å². The van der Waals surface area contributed by atoms with E-state index in [-0.39, 0.29) is 11.7 Å². The zero-order valence-electron chi connectivity index (χ0n) is 20.9. The summed E-state index contributed by atoms with van der Waals surface area (Å²) in [4.78, 5) is 21.3. The van der Waals surface area contributed by atoms with Crippen LogP contribution in [-0.4, -0.2) is 17.9 Å². The largest absolute Gasteiger partial charge is 0.527 e. The summed E-state index contributed by atoms with van der Waals surface area (Å²) >= 11 is 0. The molecule has 0 aliphatic heterocycles. The molecule has 6 nitrogen and oxygen atoms in total. The topological polar surface area (TPSA) is 84.9 Å². The number of carbonyl (C=O) groups is 1. The van der Waals surface area contributed by atoms with Crippen LogP contribution in [0.15, 0.2) is 24.3 Å². The van der Waals surface area contributed by atoms with Crippen molar-refractivity contribution in [1.82, 2.24) is 5.32 Å². The molecule has 33 heavy (non-hydrogen) atoms. The molecule has 0 aromatic heterocycles. The first-order chi connectivity index (χ1) is 16.0. The number of unbranched alkanes of at least 4 members (excludes halogenated alkanes) is 14. The molecule has 0 saturated carbocycles. The van der Waals surface area contributed by atoms with Crippen LogP contribution in [0.1, 0.15) is 115 Å². The summed E-state index contributed by atoms with van der Waals surface area (Å²) in [5.41, 5.74) is 0.900. The molecule has 1 unspecified atom stereocenters. The summed E-state index contributed by atoms with van der Waals surface area (Å²) in [6.07, 6.45) is 20.3. The first kappa shape index (κ1) is 29.7. The highest BCUT2D eigenvalue weighted by atomic mass is 31.2. The molecular formula is C26H46NO5P. The lowest BCUT2D eigenvalue weighted by atomic mass is 10.0. The number of phosphoric acid groups is 1. The van der Waals surface area contributed by atoms with E-state index in [9.17, 15) is 14.3 Å². The first-order valence-electron chi connectivity index (χ1n) is 12.9. The summed E-state index contributed by atoms with van der Waals surface area (Å²) < 4.78 is 20.6. The van der Waals surface area contributed by atoms with Crippen LogP contribution in [0.3, 0.4) is 0 Å². The molecule has 2 N–H and O–H groups in total. The minimum atomic E-state index is -4.05. The van der Waals surface area contributed by atoms with Gasteiger partial charge in [0.15, 0.2) is 0 Å². The SMILES string of the molecule is CCCCCCCCCCCCCCCCCC(=O)NCc1ccc(OP(=O)(O)OC)cc1. The zero-order chi connectivity index (χ0) is 24.2. The maximum absolute atomic E-state index is 12.0. The van der Waals surface area contributed by atoms with Crippen LogP contribution in [0.5, 0.6) is 5.75 Å². The number of rotatable bonds is 21. The van der Waals surface area contributed by atoms with E-state index in [1.165, 1.54) is 83.5 Å². The molecule has 0 heterocycles. The number of nitrogens with one attached hydrogen (secondary N) is 1. The zero-order valence-corrected chi connectivity index (χ0v) is 21.8. The van der Waals surface area contributed by atoms with Crippen LogP contribution in [0.4, 0.5) is 0 Å². The van der Waals surface area contributed by atoms with Crippen LogP contribution in [-0.2, 0) is 20.4 Å². The molecule has 7 heteroatoms. The average Bonchev–Trinajstić information content (AvgIpc) is 2.81. The summed E-state index contributed by atoms with van der Waals surface area (Å²) in [5, 5.41) is 2.92. The lowest BCUT2D eigenvalue weighted by molar-refractivity contribution is -0.121. The van der Waals surface area contributed by atoms with Gasteiger partial charge in [-0.1, -0.05) is 109 Å². The maximum Gasteiger partial charge on any atom is 0.527 e. The second kappa shape index (κ2) is 19.0. The summed E-state index contributed by atoms with van der Waals surface area (Å²) in [5.74, 6) is 0.305. The van der Waals surface area contributed by atoms with Crippen molar-refractivity contribution in [1.29, 1.82) is 0 Å². The molecule has 1 aromatic carbocycles. The second-order valence-electron chi connectivity index (χ2n) is 8.86. The van der Waals surface area contributed by atoms with Gasteiger partial charge in [-0.15, -0.1) is 0 Å². The Labute approximate surface area is 201 Å². The number of amides is 1. The molecule has 1 rings (SSSR count). The highest BCUT2D eigenvalue weighted by Crippen LogP contribution is 2.42. The standard InChI is InChI=1S/C26H46NO5P/c1-3-4-5-6-7-8-9-10-11-12-13-14-15-16-17-18-26(28)27-23-24-19-21-25(22-20-24)32-33(29,30)31-2/h19-22H,3-18,23H2,1-2H3,(H,27,28)(H,29,30). The van der Waals surface area contributed by atoms with Gasteiger partial charge >= 0.3 is 7.82 Å². The maximum atomic E-state index is 12.0. The van der Waals surface area contributed by atoms with E-state index in [0.29, 0.717) is 13.0 Å². The second-order valence-corrected chi connectivity index (χ2v) is 10.3. The van der Waals surface area contributed by atoms with E-state index < -0.39 is 7.82 Å². The Bertz CT molecular complexity index is 665. The number of phosphoric ester groups is 1. The summed E-state index contributed by atoms with van der Waals surface area (Å²) in [6, 6.07) is 6.66. The van der Waals surface area contributed by atoms with Gasteiger partial charge < -0.3 is 9.84 Å². The highest BCUT2D eigenvalue weighted by Gasteiger charge is 2.20. The van der Waals surface area contributed by atoms with E-state index in [0.717, 1.165) is 25.5 Å². The van der Waals surface area contributed by atoms with Gasteiger partial charge in [0.2, 0.25) is 5.91 Å². The molecule has 0 spiro atoms. The van der Waals surface area contributed by atoms with Crippen molar-refractivity contribution in [3.8, 4) is 5.75 Å². The Morgan fingerprint density at radius 3 is 1.73 bits per heavy atom. The van der Waals surface area contributed by atoms with E-state index in [2.05, 4.69) is 16.8 Å². The molecule has 0 aliphatic carbocycles. The minimum absolute atomic E-state index is 0.0595. The number of hydrogen-bond acceptors (Lipinski definition) is 4. The third-order valence-corrected chi connectivity index (χ3v) is 6.77. The van der Waals surface area contributed by atoms with Crippen molar-refractivity contribution in [2.24, 2.45) is 0 Å². The Hall–Kier alpha value is -1.36. The van der Waals surface area contributed by atoms with Crippen molar-refractivity contribution in [2.45, 2.75) is 116 Å². The van der Waals surface area contributed by atoms with Gasteiger partial charge in [0.1, 0.15) is 5.75 Å². The van der Waals surface area contributed by atoms with Crippen LogP contribution < -0.4 is 9.84 Å². The van der Waals surface area contributed by atoms with Gasteiger partial charge in [0, 0.05) is 20.1 Å². The Balaban J connectivity index is 1.94. The first-order valence-corrected chi connectivity index (χ1v) is 14.4. The molecule has 1 atom stereocenters. The Kier molecular flexibility index (Phi) is 17.1. The van der Waals surface area contributed by atoms with Crippen molar-refractivity contribution in [3.05, 3.63) is 29.8 Å². The number of carbonyl (C=O) groups excluding carboxylic acids is 1. The van der Waals surface area contributed by atoms with E-state index >= 15 is 0 Å². The molecule has 190 valence electrons. The smallest absolute Gasteiger partial charge is 0.404 e. The van der Waals surface area contributed by atoms with E-state index in [4.69, 9.17) is 4.52 Å². The van der Waals surface area contributed by atoms with E-state index in [1.807, 2.05) is 0 Å². The predicted octanol–water partition coefficient (Wildman–Crippen LogP) is 7.69. The van der Waals surface area contributed by atoms with Gasteiger partial charge in [-0.05, 0) is 24.1 Å². The molecule has 0 saturated heterocycles. The lowest BCUT2D eigenvalue weighted by Crippen LogP contribution is -2.22. The van der Waals surface area contributed by atoms with Crippen molar-refractivity contribution in [2.75, 3.05) is 7.11 Å². The van der Waals surface area contributed by atoms with Crippen molar-refractivity contribution < 1.29 is 23.3 Å². The van der Waals surface area contributed by atoms with Gasteiger partial charge in [-0.25, -0.2) is 4.57 Å². The van der Waals surface area contributed by atoms with Crippen LogP contribution in [0.25, 0.3) is 0 Å². The Morgan fingerprint density at radius 1 is 0.818 bits per heavy atom. The third kappa shape index (κ3) is 16.8. The number of hydrogen-bond donors (Lipinski definition) is 2. The quantitative estimate of drug-likeness (QED) is 0.138. The van der Waals surface area contributed by atoms with Crippen molar-refractivity contribution in [3.63, 3.8) is 0 Å². The van der Waals surface area contributed by atoms with Gasteiger partial charge in [-0.2, -0.15) is 0 Å². The summed E-state index contributed by atoms with van der Waals surface area (Å²) in [6.45, 7) is 2.70. The fourth-order valence-corrected chi connectivity index (χ4v) is 4.25. The average molecular weight is 484 g/mol. The van der Waals surface area contributed by atoms with Crippen molar-refractivity contribution >= 4 is 13.7 Å². The number of benzene rings is 1. The molecule has 0 fully saturated rings. The fraction of sp³-hybridized carbons (Fsp3) is 0.731. The van der Waals surface area contributed by atoms with Gasteiger partial charge in [0.25, 0.3) is 0 Å². The summed E-state index contributed by atoms with van der Waals surface area (Å²) in [7, 11) is -2.93. The third-order valence-electron chi connectivity index (χ3n) is 5.87.